The lowest BCUT2D eigenvalue weighted by molar-refractivity contribution is -0.0288. The van der Waals surface area contributed by atoms with Crippen LogP contribution in [0.4, 0.5) is 0 Å². The molecular weight excluding hydrogens is 402 g/mol. The van der Waals surface area contributed by atoms with Crippen molar-refractivity contribution in [3.63, 3.8) is 0 Å². The average Bonchev–Trinajstić information content (AvgIpc) is 3.30. The van der Waals surface area contributed by atoms with Crippen molar-refractivity contribution in [2.45, 2.75) is 19.3 Å². The van der Waals surface area contributed by atoms with Crippen LogP contribution >= 0.6 is 0 Å². The molecule has 0 saturated heterocycles. The smallest absolute Gasteiger partial charge is 0.244 e. The van der Waals surface area contributed by atoms with E-state index in [-0.39, 0.29) is 16.8 Å². The van der Waals surface area contributed by atoms with Crippen LogP contribution < -0.4 is 5.43 Å². The number of ether oxygens (including phenoxy) is 2. The Labute approximate surface area is 185 Å². The van der Waals surface area contributed by atoms with Gasteiger partial charge in [0.05, 0.1) is 11.1 Å². The maximum absolute atomic E-state index is 13.2. The third kappa shape index (κ3) is 3.93. The minimum Gasteiger partial charge on any atom is -0.458 e. The van der Waals surface area contributed by atoms with Crippen LogP contribution in [0, 0.1) is 0 Å². The minimum absolute atomic E-state index is 0.0459. The maximum Gasteiger partial charge on any atom is 0.244 e. The standard InChI is InChI=1S/C27H21NO4/c29-26-21-13-7-8-14-23(21)28(16-20-11-5-2-6-12-20)17-22(26)27(30)24-18-31-25(32-24)15-19-9-3-1-4-10-19/h1-14,17-18,25H,15-16H2. The number of fused-ring (bicyclic) bond motifs is 1. The molecule has 0 radical (unpaired) electrons. The van der Waals surface area contributed by atoms with Gasteiger partial charge in [-0.25, -0.2) is 0 Å². The molecule has 1 aliphatic rings. The summed E-state index contributed by atoms with van der Waals surface area (Å²) in [5, 5.41) is 0.495. The summed E-state index contributed by atoms with van der Waals surface area (Å²) < 4.78 is 13.2. The Bertz CT molecular complexity index is 1360. The van der Waals surface area contributed by atoms with Crippen LogP contribution in [0.25, 0.3) is 10.9 Å². The highest BCUT2D eigenvalue weighted by molar-refractivity contribution is 6.08. The molecule has 5 heteroatoms. The zero-order valence-electron chi connectivity index (χ0n) is 17.3. The Kier molecular flexibility index (Phi) is 5.30. The number of aromatic nitrogens is 1. The van der Waals surface area contributed by atoms with Gasteiger partial charge in [0.2, 0.25) is 23.3 Å². The molecule has 3 aromatic carbocycles. The van der Waals surface area contributed by atoms with Gasteiger partial charge in [0.25, 0.3) is 0 Å². The quantitative estimate of drug-likeness (QED) is 0.422. The normalized spacial score (nSPS) is 15.1. The number of nitrogens with zero attached hydrogens (tertiary/aromatic N) is 1. The highest BCUT2D eigenvalue weighted by Gasteiger charge is 2.28. The molecule has 0 N–H and O–H groups in total. The highest BCUT2D eigenvalue weighted by atomic mass is 16.7. The first-order valence-corrected chi connectivity index (χ1v) is 10.5. The third-order valence-electron chi connectivity index (χ3n) is 5.48. The van der Waals surface area contributed by atoms with Crippen LogP contribution in [-0.4, -0.2) is 16.6 Å². The molecule has 0 aliphatic carbocycles. The summed E-state index contributed by atoms with van der Waals surface area (Å²) in [6.45, 7) is 0.537. The van der Waals surface area contributed by atoms with Crippen molar-refractivity contribution in [1.29, 1.82) is 0 Å². The number of pyridine rings is 1. The van der Waals surface area contributed by atoms with E-state index in [2.05, 4.69) is 0 Å². The maximum atomic E-state index is 13.2. The van der Waals surface area contributed by atoms with E-state index >= 15 is 0 Å². The van der Waals surface area contributed by atoms with Gasteiger partial charge < -0.3 is 14.0 Å². The van der Waals surface area contributed by atoms with Gasteiger partial charge in [-0.15, -0.1) is 0 Å². The van der Waals surface area contributed by atoms with Gasteiger partial charge in [0, 0.05) is 24.5 Å². The molecule has 5 rings (SSSR count). The van der Waals surface area contributed by atoms with E-state index in [1.807, 2.05) is 77.4 Å². The zero-order chi connectivity index (χ0) is 21.9. The molecule has 0 spiro atoms. The largest absolute Gasteiger partial charge is 0.458 e. The molecule has 0 fully saturated rings. The summed E-state index contributed by atoms with van der Waals surface area (Å²) in [6, 6.07) is 27.0. The Hall–Kier alpha value is -4.12. The average molecular weight is 423 g/mol. The molecule has 0 saturated carbocycles. The number of benzene rings is 3. The van der Waals surface area contributed by atoms with Crippen molar-refractivity contribution in [2.75, 3.05) is 0 Å². The fraction of sp³-hybridized carbons (Fsp3) is 0.111. The molecule has 158 valence electrons. The van der Waals surface area contributed by atoms with Gasteiger partial charge in [-0.05, 0) is 23.3 Å². The first-order chi connectivity index (χ1) is 15.7. The molecule has 0 amide bonds. The van der Waals surface area contributed by atoms with Crippen LogP contribution in [0.5, 0.6) is 0 Å². The van der Waals surface area contributed by atoms with E-state index in [1.54, 1.807) is 18.3 Å². The fourth-order valence-corrected chi connectivity index (χ4v) is 3.89. The molecule has 32 heavy (non-hydrogen) atoms. The van der Waals surface area contributed by atoms with Crippen molar-refractivity contribution < 1.29 is 14.3 Å². The lowest BCUT2D eigenvalue weighted by Gasteiger charge is -2.14. The molecule has 0 bridgehead atoms. The second-order valence-corrected chi connectivity index (χ2v) is 7.69. The molecule has 1 atom stereocenters. The van der Waals surface area contributed by atoms with Gasteiger partial charge >= 0.3 is 0 Å². The minimum atomic E-state index is -0.594. The van der Waals surface area contributed by atoms with E-state index in [4.69, 9.17) is 9.47 Å². The van der Waals surface area contributed by atoms with Gasteiger partial charge in [-0.1, -0.05) is 72.8 Å². The number of allylic oxidation sites excluding steroid dienone is 1. The third-order valence-corrected chi connectivity index (χ3v) is 5.48. The number of para-hydroxylation sites is 1. The Morgan fingerprint density at radius 3 is 2.25 bits per heavy atom. The lowest BCUT2D eigenvalue weighted by Crippen LogP contribution is -2.22. The predicted octanol–water partition coefficient (Wildman–Crippen LogP) is 4.69. The Balaban J connectivity index is 1.45. The van der Waals surface area contributed by atoms with Crippen LogP contribution in [-0.2, 0) is 22.4 Å². The van der Waals surface area contributed by atoms with E-state index in [0.717, 1.165) is 16.6 Å². The number of ketones is 1. The Morgan fingerprint density at radius 1 is 0.844 bits per heavy atom. The lowest BCUT2D eigenvalue weighted by atomic mass is 10.1. The Morgan fingerprint density at radius 2 is 1.50 bits per heavy atom. The number of carbonyl (C=O) groups excluding carboxylic acids is 1. The van der Waals surface area contributed by atoms with Crippen molar-refractivity contribution in [2.24, 2.45) is 0 Å². The van der Waals surface area contributed by atoms with Crippen molar-refractivity contribution >= 4 is 16.7 Å². The second-order valence-electron chi connectivity index (χ2n) is 7.69. The zero-order valence-corrected chi connectivity index (χ0v) is 17.3. The van der Waals surface area contributed by atoms with E-state index in [0.29, 0.717) is 18.4 Å². The molecule has 4 aromatic rings. The summed E-state index contributed by atoms with van der Waals surface area (Å²) in [6.07, 6.45) is 2.84. The van der Waals surface area contributed by atoms with Crippen molar-refractivity contribution in [3.05, 3.63) is 130 Å². The number of rotatable bonds is 6. The SMILES string of the molecule is O=C(C1=COC(Cc2ccccc2)O1)c1cn(Cc2ccccc2)c2ccccc2c1=O. The second kappa shape index (κ2) is 8.55. The first-order valence-electron chi connectivity index (χ1n) is 10.5. The van der Waals surface area contributed by atoms with E-state index < -0.39 is 12.1 Å². The van der Waals surface area contributed by atoms with E-state index in [9.17, 15) is 9.59 Å². The molecule has 1 aliphatic heterocycles. The van der Waals surface area contributed by atoms with Crippen molar-refractivity contribution in [3.8, 4) is 0 Å². The molecule has 1 aromatic heterocycles. The summed E-state index contributed by atoms with van der Waals surface area (Å²) in [5.74, 6) is -0.428. The van der Waals surface area contributed by atoms with Gasteiger partial charge in [-0.2, -0.15) is 0 Å². The van der Waals surface area contributed by atoms with Crippen LogP contribution in [0.1, 0.15) is 21.5 Å². The molecule has 2 heterocycles. The number of Topliss-reactive ketones (excluding diaryl/α,β-unsaturated/α-hetero) is 1. The van der Waals surface area contributed by atoms with Gasteiger partial charge in [0.15, 0.2) is 0 Å². The molecule has 5 nitrogen and oxygen atoms in total. The monoisotopic (exact) mass is 423 g/mol. The summed E-state index contributed by atoms with van der Waals surface area (Å²) in [7, 11) is 0. The van der Waals surface area contributed by atoms with Crippen LogP contribution in [0.2, 0.25) is 0 Å². The molecular formula is C27H21NO4. The summed E-state index contributed by atoms with van der Waals surface area (Å²) in [4.78, 5) is 26.4. The predicted molar refractivity (Wildman–Crippen MR) is 122 cm³/mol. The molecule has 1 unspecified atom stereocenters. The number of carbonyl (C=O) groups is 1. The number of hydrogen-bond acceptors (Lipinski definition) is 4. The number of hydrogen-bond donors (Lipinski definition) is 0. The van der Waals surface area contributed by atoms with Crippen LogP contribution in [0.15, 0.2) is 108 Å². The summed E-state index contributed by atoms with van der Waals surface area (Å²) >= 11 is 0. The van der Waals surface area contributed by atoms with E-state index in [1.165, 1.54) is 6.26 Å². The van der Waals surface area contributed by atoms with Gasteiger partial charge in [-0.3, -0.25) is 9.59 Å². The summed E-state index contributed by atoms with van der Waals surface area (Å²) in [5.41, 5.74) is 2.64. The topological polar surface area (TPSA) is 57.5 Å². The fourth-order valence-electron chi connectivity index (χ4n) is 3.89. The van der Waals surface area contributed by atoms with Gasteiger partial charge in [0.1, 0.15) is 6.26 Å². The first kappa shape index (κ1) is 19.8. The highest BCUT2D eigenvalue weighted by Crippen LogP contribution is 2.22. The van der Waals surface area contributed by atoms with Crippen LogP contribution in [0.3, 0.4) is 0 Å². The van der Waals surface area contributed by atoms with Crippen molar-refractivity contribution in [1.82, 2.24) is 4.57 Å².